The zero-order valence-corrected chi connectivity index (χ0v) is 22.3. The topological polar surface area (TPSA) is 88.1 Å². The lowest BCUT2D eigenvalue weighted by Gasteiger charge is -2.26. The minimum Gasteiger partial charge on any atom is -0.497 e. The molecule has 4 rings (SSSR count). The van der Waals surface area contributed by atoms with E-state index in [-0.39, 0.29) is 22.7 Å². The summed E-state index contributed by atoms with van der Waals surface area (Å²) in [5.74, 6) is 0.00137. The zero-order chi connectivity index (χ0) is 26.3. The number of para-hydroxylation sites is 1. The number of sulfonamides is 1. The van der Waals surface area contributed by atoms with Crippen LogP contribution in [0.2, 0.25) is 0 Å². The molecule has 0 aliphatic heterocycles. The molecule has 9 heteroatoms. The summed E-state index contributed by atoms with van der Waals surface area (Å²) in [6, 6.07) is 29.3. The van der Waals surface area contributed by atoms with Gasteiger partial charge < -0.3 is 4.74 Å². The molecule has 0 aliphatic carbocycles. The van der Waals surface area contributed by atoms with Gasteiger partial charge in [0.2, 0.25) is 0 Å². The number of methoxy groups -OCH3 is 1. The Balaban J connectivity index is 1.70. The molecule has 0 unspecified atom stereocenters. The van der Waals surface area contributed by atoms with Crippen LogP contribution in [-0.4, -0.2) is 27.6 Å². The number of rotatable bonds is 9. The van der Waals surface area contributed by atoms with Crippen LogP contribution in [0.25, 0.3) is 0 Å². The molecule has 188 valence electrons. The van der Waals surface area contributed by atoms with Gasteiger partial charge in [-0.3, -0.25) is 9.10 Å². The van der Waals surface area contributed by atoms with E-state index in [0.717, 1.165) is 15.6 Å². The van der Waals surface area contributed by atoms with Gasteiger partial charge in [-0.15, -0.1) is 0 Å². The summed E-state index contributed by atoms with van der Waals surface area (Å²) < 4.78 is 35.0. The number of ether oxygens (including phenoxy) is 1. The molecule has 0 atom stereocenters. The van der Waals surface area contributed by atoms with Crippen molar-refractivity contribution in [2.75, 3.05) is 11.4 Å². The maximum absolute atomic E-state index is 13.9. The number of benzene rings is 4. The quantitative estimate of drug-likeness (QED) is 0.206. The maximum atomic E-state index is 13.9. The Kier molecular flexibility index (Phi) is 8.37. The van der Waals surface area contributed by atoms with Gasteiger partial charge in [-0.25, -0.2) is 13.8 Å². The summed E-state index contributed by atoms with van der Waals surface area (Å²) >= 11 is 3.40. The summed E-state index contributed by atoms with van der Waals surface area (Å²) in [4.78, 5) is 13.2. The lowest BCUT2D eigenvalue weighted by atomic mass is 10.1. The Bertz CT molecular complexity index is 1510. The Morgan fingerprint density at radius 1 is 0.946 bits per heavy atom. The van der Waals surface area contributed by atoms with Crippen LogP contribution in [0.4, 0.5) is 5.69 Å². The normalized spacial score (nSPS) is 11.3. The van der Waals surface area contributed by atoms with E-state index in [9.17, 15) is 13.2 Å². The van der Waals surface area contributed by atoms with Crippen molar-refractivity contribution >= 4 is 43.8 Å². The van der Waals surface area contributed by atoms with Gasteiger partial charge in [0.05, 0.1) is 36.0 Å². The Hall–Kier alpha value is -3.95. The minimum absolute atomic E-state index is 0.0286. The maximum Gasteiger partial charge on any atom is 0.273 e. The van der Waals surface area contributed by atoms with E-state index >= 15 is 0 Å². The van der Waals surface area contributed by atoms with Gasteiger partial charge in [0, 0.05) is 4.47 Å². The first-order chi connectivity index (χ1) is 17.9. The van der Waals surface area contributed by atoms with E-state index in [1.165, 1.54) is 29.8 Å². The average molecular weight is 578 g/mol. The fraction of sp³-hybridized carbons (Fsp3) is 0.0714. The molecule has 0 heterocycles. The number of nitrogens with zero attached hydrogens (tertiary/aromatic N) is 2. The van der Waals surface area contributed by atoms with Crippen molar-refractivity contribution in [1.82, 2.24) is 5.43 Å². The number of nitrogens with one attached hydrogen (secondary N) is 1. The second-order valence-electron chi connectivity index (χ2n) is 7.94. The van der Waals surface area contributed by atoms with Gasteiger partial charge in [-0.05, 0) is 59.7 Å². The lowest BCUT2D eigenvalue weighted by molar-refractivity contribution is 0.0955. The van der Waals surface area contributed by atoms with Gasteiger partial charge in [-0.1, -0.05) is 70.5 Å². The third-order valence-electron chi connectivity index (χ3n) is 5.46. The van der Waals surface area contributed by atoms with E-state index in [1.54, 1.807) is 36.4 Å². The second-order valence-corrected chi connectivity index (χ2v) is 10.7. The molecule has 37 heavy (non-hydrogen) atoms. The molecule has 0 spiro atoms. The molecule has 0 fully saturated rings. The first-order valence-electron chi connectivity index (χ1n) is 11.3. The number of hydrazone groups is 1. The van der Waals surface area contributed by atoms with Crippen LogP contribution in [0, 0.1) is 0 Å². The standard InChI is InChI=1S/C28H24BrN3O4S/c1-36-24-14-16-25(17-15-24)37(34,35)32(20-21-8-3-2-4-9-21)27-13-6-5-12-26(27)28(33)31-30-19-22-10-7-11-23(29)18-22/h2-19H,20H2,1H3,(H,31,33)/b30-19+. The highest BCUT2D eigenvalue weighted by Crippen LogP contribution is 2.30. The number of amides is 1. The smallest absolute Gasteiger partial charge is 0.273 e. The molecular weight excluding hydrogens is 554 g/mol. The molecular formula is C28H24BrN3O4S. The number of hydrogen-bond acceptors (Lipinski definition) is 5. The van der Waals surface area contributed by atoms with Crippen LogP contribution in [0.1, 0.15) is 21.5 Å². The summed E-state index contributed by atoms with van der Waals surface area (Å²) in [6.07, 6.45) is 1.51. The SMILES string of the molecule is COc1ccc(S(=O)(=O)N(Cc2ccccc2)c2ccccc2C(=O)N/N=C/c2cccc(Br)c2)cc1. The molecule has 0 aliphatic rings. The van der Waals surface area contributed by atoms with Crippen molar-refractivity contribution < 1.29 is 17.9 Å². The van der Waals surface area contributed by atoms with Crippen LogP contribution in [0.3, 0.4) is 0 Å². The van der Waals surface area contributed by atoms with Gasteiger partial charge in [-0.2, -0.15) is 5.10 Å². The summed E-state index contributed by atoms with van der Waals surface area (Å²) in [5.41, 5.74) is 4.47. The van der Waals surface area contributed by atoms with E-state index in [1.807, 2.05) is 54.6 Å². The van der Waals surface area contributed by atoms with E-state index in [4.69, 9.17) is 4.74 Å². The highest BCUT2D eigenvalue weighted by atomic mass is 79.9. The molecule has 0 saturated heterocycles. The van der Waals surface area contributed by atoms with Crippen molar-refractivity contribution in [3.63, 3.8) is 0 Å². The van der Waals surface area contributed by atoms with Crippen molar-refractivity contribution in [1.29, 1.82) is 0 Å². The average Bonchev–Trinajstić information content (AvgIpc) is 2.92. The lowest BCUT2D eigenvalue weighted by Crippen LogP contribution is -2.33. The molecule has 0 saturated carbocycles. The molecule has 4 aromatic carbocycles. The zero-order valence-electron chi connectivity index (χ0n) is 19.9. The summed E-state index contributed by atoms with van der Waals surface area (Å²) in [6.45, 7) is 0.0286. The number of carbonyl (C=O) groups excluding carboxylic acids is 1. The van der Waals surface area contributed by atoms with Gasteiger partial charge in [0.25, 0.3) is 15.9 Å². The summed E-state index contributed by atoms with van der Waals surface area (Å²) in [5, 5.41) is 4.06. The van der Waals surface area contributed by atoms with Gasteiger partial charge in [0.15, 0.2) is 0 Å². The molecule has 0 radical (unpaired) electrons. The van der Waals surface area contributed by atoms with Gasteiger partial charge >= 0.3 is 0 Å². The Labute approximate surface area is 224 Å². The van der Waals surface area contributed by atoms with E-state index in [2.05, 4.69) is 26.5 Å². The predicted molar refractivity (Wildman–Crippen MR) is 148 cm³/mol. The van der Waals surface area contributed by atoms with E-state index in [0.29, 0.717) is 5.75 Å². The fourth-order valence-corrected chi connectivity index (χ4v) is 5.51. The van der Waals surface area contributed by atoms with Gasteiger partial charge in [0.1, 0.15) is 5.75 Å². The molecule has 1 N–H and O–H groups in total. The Morgan fingerprint density at radius 2 is 1.65 bits per heavy atom. The predicted octanol–water partition coefficient (Wildman–Crippen LogP) is 5.62. The van der Waals surface area contributed by atoms with E-state index < -0.39 is 15.9 Å². The molecule has 0 aromatic heterocycles. The number of halogens is 1. The van der Waals surface area contributed by atoms with Crippen LogP contribution in [0.15, 0.2) is 118 Å². The number of carbonyl (C=O) groups is 1. The molecule has 1 amide bonds. The van der Waals surface area contributed by atoms with Crippen LogP contribution in [-0.2, 0) is 16.6 Å². The van der Waals surface area contributed by atoms with Crippen LogP contribution < -0.4 is 14.5 Å². The molecule has 0 bridgehead atoms. The van der Waals surface area contributed by atoms with Crippen LogP contribution >= 0.6 is 15.9 Å². The highest BCUT2D eigenvalue weighted by molar-refractivity contribution is 9.10. The summed E-state index contributed by atoms with van der Waals surface area (Å²) in [7, 11) is -2.53. The minimum atomic E-state index is -4.05. The largest absolute Gasteiger partial charge is 0.497 e. The Morgan fingerprint density at radius 3 is 2.35 bits per heavy atom. The van der Waals surface area contributed by atoms with Crippen molar-refractivity contribution in [2.24, 2.45) is 5.10 Å². The molecule has 7 nitrogen and oxygen atoms in total. The highest BCUT2D eigenvalue weighted by Gasteiger charge is 2.28. The third-order valence-corrected chi connectivity index (χ3v) is 7.73. The monoisotopic (exact) mass is 577 g/mol. The van der Waals surface area contributed by atoms with Crippen LogP contribution in [0.5, 0.6) is 5.75 Å². The fourth-order valence-electron chi connectivity index (χ4n) is 3.62. The van der Waals surface area contributed by atoms with Crippen molar-refractivity contribution in [2.45, 2.75) is 11.4 Å². The van der Waals surface area contributed by atoms with Crippen molar-refractivity contribution in [3.05, 3.63) is 124 Å². The molecule has 4 aromatic rings. The van der Waals surface area contributed by atoms with Crippen molar-refractivity contribution in [3.8, 4) is 5.75 Å². The first kappa shape index (κ1) is 26.1. The second kappa shape index (κ2) is 11.9. The number of anilines is 1. The number of hydrogen-bond donors (Lipinski definition) is 1. The third kappa shape index (κ3) is 6.44. The first-order valence-corrected chi connectivity index (χ1v) is 13.5.